The highest BCUT2D eigenvalue weighted by Gasteiger charge is 1.91. The van der Waals surface area contributed by atoms with Crippen LogP contribution in [-0.4, -0.2) is 74.8 Å². The molecule has 0 aliphatic carbocycles. The van der Waals surface area contributed by atoms with Crippen LogP contribution in [0.15, 0.2) is 0 Å². The Morgan fingerprint density at radius 1 is 0.632 bits per heavy atom. The topological polar surface area (TPSA) is 97.6 Å². The molecule has 0 aliphatic heterocycles. The van der Waals surface area contributed by atoms with Crippen LogP contribution in [0.5, 0.6) is 0 Å². The molecule has 0 heterocycles. The Balaban J connectivity index is 0. The molecule has 19 heavy (non-hydrogen) atoms. The summed E-state index contributed by atoms with van der Waals surface area (Å²) < 4.78 is 9.82. The maximum atomic E-state index is 8.36. The fourth-order valence-electron chi connectivity index (χ4n) is 0.795. The summed E-state index contributed by atoms with van der Waals surface area (Å²) in [6.07, 6.45) is 2.04. The van der Waals surface area contributed by atoms with Crippen molar-refractivity contribution in [2.75, 3.05) is 59.5 Å². The lowest BCUT2D eigenvalue weighted by atomic mass is 10.4. The third-order valence-corrected chi connectivity index (χ3v) is 1.69. The quantitative estimate of drug-likeness (QED) is 0.243. The Hall–Kier alpha value is -0.280. The first-order valence-electron chi connectivity index (χ1n) is 6.55. The Labute approximate surface area is 115 Å². The summed E-state index contributed by atoms with van der Waals surface area (Å²) in [6, 6.07) is 0. The van der Waals surface area contributed by atoms with Crippen molar-refractivity contribution >= 4 is 0 Å². The normalized spacial score (nSPS) is 10.1. The van der Waals surface area contributed by atoms with Crippen LogP contribution in [0, 0.1) is 0 Å². The van der Waals surface area contributed by atoms with E-state index in [1.54, 1.807) is 0 Å². The second-order valence-corrected chi connectivity index (χ2v) is 3.39. The number of aliphatic hydroxyl groups excluding tert-OH is 3. The molecular weight excluding hydrogens is 256 g/mol. The molecule has 0 rings (SSSR count). The van der Waals surface area contributed by atoms with E-state index in [4.69, 9.17) is 34.6 Å². The van der Waals surface area contributed by atoms with Crippen LogP contribution in [0.25, 0.3) is 0 Å². The minimum absolute atomic E-state index is 0.00978. The molecule has 3 N–H and O–H groups in total. The van der Waals surface area contributed by atoms with Gasteiger partial charge in [0.2, 0.25) is 0 Å². The summed E-state index contributed by atoms with van der Waals surface area (Å²) in [4.78, 5) is 9.42. The molecule has 7 nitrogen and oxygen atoms in total. The van der Waals surface area contributed by atoms with Gasteiger partial charge in [0.25, 0.3) is 0 Å². The molecule has 0 saturated carbocycles. The Bertz CT molecular complexity index is 121. The molecular formula is C12H28O7. The molecule has 0 aromatic rings. The van der Waals surface area contributed by atoms with Crippen LogP contribution in [0.2, 0.25) is 0 Å². The van der Waals surface area contributed by atoms with Gasteiger partial charge in [-0.15, -0.1) is 0 Å². The van der Waals surface area contributed by atoms with Gasteiger partial charge in [0, 0.05) is 6.61 Å². The van der Waals surface area contributed by atoms with E-state index in [9.17, 15) is 0 Å². The monoisotopic (exact) mass is 284 g/mol. The minimum Gasteiger partial charge on any atom is -0.396 e. The molecule has 0 bridgehead atoms. The highest BCUT2D eigenvalue weighted by molar-refractivity contribution is 4.28. The fourth-order valence-corrected chi connectivity index (χ4v) is 0.795. The zero-order valence-corrected chi connectivity index (χ0v) is 11.8. The summed E-state index contributed by atoms with van der Waals surface area (Å²) in [6.45, 7) is 4.44. The number of unbranched alkanes of at least 4 members (excludes halogenated alkanes) is 1. The summed E-state index contributed by atoms with van der Waals surface area (Å²) in [5.74, 6) is 0. The lowest BCUT2D eigenvalue weighted by Crippen LogP contribution is -2.11. The van der Waals surface area contributed by atoms with Gasteiger partial charge < -0.3 is 24.8 Å². The average Bonchev–Trinajstić information content (AvgIpc) is 2.43. The lowest BCUT2D eigenvalue weighted by molar-refractivity contribution is -0.303. The Kier molecular flexibility index (Phi) is 25.3. The van der Waals surface area contributed by atoms with E-state index in [0.29, 0.717) is 46.2 Å². The molecule has 0 unspecified atom stereocenters. The standard InChI is InChI=1S/C8H18O6.C4H10O/c9-1-3-11-5-7-13-14-8-6-12-4-2-10;1-2-3-4-5/h9-10H,1-8H2;5H,2-4H2,1H3. The van der Waals surface area contributed by atoms with Gasteiger partial charge in [0.15, 0.2) is 0 Å². The molecule has 118 valence electrons. The van der Waals surface area contributed by atoms with Crippen LogP contribution < -0.4 is 0 Å². The van der Waals surface area contributed by atoms with Crippen molar-refractivity contribution in [1.29, 1.82) is 0 Å². The second kappa shape index (κ2) is 22.9. The van der Waals surface area contributed by atoms with Gasteiger partial charge in [-0.3, -0.25) is 0 Å². The molecule has 0 spiro atoms. The zero-order chi connectivity index (χ0) is 14.6. The van der Waals surface area contributed by atoms with E-state index in [0.717, 1.165) is 12.8 Å². The van der Waals surface area contributed by atoms with Crippen molar-refractivity contribution in [2.24, 2.45) is 0 Å². The molecule has 0 aromatic carbocycles. The summed E-state index contributed by atoms with van der Waals surface area (Å²) in [5, 5.41) is 24.8. The number of hydrogen-bond donors (Lipinski definition) is 3. The first-order chi connectivity index (χ1) is 9.33. The SMILES string of the molecule is CCCCO.OCCOCCOOCCOCCO. The molecule has 0 saturated heterocycles. The molecule has 7 heteroatoms. The van der Waals surface area contributed by atoms with Gasteiger partial charge in [-0.05, 0) is 6.42 Å². The van der Waals surface area contributed by atoms with E-state index in [1.807, 2.05) is 0 Å². The summed E-state index contributed by atoms with van der Waals surface area (Å²) in [7, 11) is 0. The molecule has 0 radical (unpaired) electrons. The third kappa shape index (κ3) is 27.1. The molecule has 0 amide bonds. The van der Waals surface area contributed by atoms with Crippen molar-refractivity contribution in [3.63, 3.8) is 0 Å². The third-order valence-electron chi connectivity index (χ3n) is 1.69. The lowest BCUT2D eigenvalue weighted by Gasteiger charge is -2.04. The van der Waals surface area contributed by atoms with Crippen molar-refractivity contribution in [2.45, 2.75) is 19.8 Å². The van der Waals surface area contributed by atoms with Gasteiger partial charge in [-0.1, -0.05) is 13.3 Å². The van der Waals surface area contributed by atoms with E-state index in [-0.39, 0.29) is 13.2 Å². The van der Waals surface area contributed by atoms with Crippen molar-refractivity contribution in [3.8, 4) is 0 Å². The van der Waals surface area contributed by atoms with Gasteiger partial charge in [-0.25, -0.2) is 9.78 Å². The van der Waals surface area contributed by atoms with Crippen LogP contribution in [-0.2, 0) is 19.2 Å². The highest BCUT2D eigenvalue weighted by Crippen LogP contribution is 1.82. The van der Waals surface area contributed by atoms with Gasteiger partial charge in [0.05, 0.1) is 39.6 Å². The minimum atomic E-state index is 0.00978. The number of hydrogen-bond acceptors (Lipinski definition) is 7. The average molecular weight is 284 g/mol. The molecule has 0 atom stereocenters. The van der Waals surface area contributed by atoms with Crippen LogP contribution >= 0.6 is 0 Å². The van der Waals surface area contributed by atoms with Crippen molar-refractivity contribution < 1.29 is 34.6 Å². The van der Waals surface area contributed by atoms with Crippen molar-refractivity contribution in [1.82, 2.24) is 0 Å². The van der Waals surface area contributed by atoms with Gasteiger partial charge in [0.1, 0.15) is 13.2 Å². The highest BCUT2D eigenvalue weighted by atomic mass is 17.2. The van der Waals surface area contributed by atoms with Gasteiger partial charge in [-0.2, -0.15) is 0 Å². The zero-order valence-electron chi connectivity index (χ0n) is 11.8. The smallest absolute Gasteiger partial charge is 0.106 e. The second-order valence-electron chi connectivity index (χ2n) is 3.39. The first kappa shape index (κ1) is 21.0. The Morgan fingerprint density at radius 3 is 1.37 bits per heavy atom. The predicted octanol–water partition coefficient (Wildman–Crippen LogP) is -0.269. The number of rotatable bonds is 13. The fraction of sp³-hybridized carbons (Fsp3) is 1.00. The van der Waals surface area contributed by atoms with Crippen LogP contribution in [0.4, 0.5) is 0 Å². The molecule has 0 aromatic heterocycles. The van der Waals surface area contributed by atoms with E-state index >= 15 is 0 Å². The van der Waals surface area contributed by atoms with Gasteiger partial charge >= 0.3 is 0 Å². The Morgan fingerprint density at radius 2 is 1.11 bits per heavy atom. The largest absolute Gasteiger partial charge is 0.396 e. The maximum absolute atomic E-state index is 8.36. The van der Waals surface area contributed by atoms with Crippen LogP contribution in [0.3, 0.4) is 0 Å². The predicted molar refractivity (Wildman–Crippen MR) is 69.7 cm³/mol. The number of aliphatic hydroxyl groups is 3. The number of ether oxygens (including phenoxy) is 2. The summed E-state index contributed by atoms with van der Waals surface area (Å²) >= 11 is 0. The van der Waals surface area contributed by atoms with E-state index < -0.39 is 0 Å². The first-order valence-corrected chi connectivity index (χ1v) is 6.55. The van der Waals surface area contributed by atoms with E-state index in [2.05, 4.69) is 6.92 Å². The molecule has 0 fully saturated rings. The molecule has 0 aliphatic rings. The maximum Gasteiger partial charge on any atom is 0.106 e. The van der Waals surface area contributed by atoms with Crippen molar-refractivity contribution in [3.05, 3.63) is 0 Å². The van der Waals surface area contributed by atoms with Crippen LogP contribution in [0.1, 0.15) is 19.8 Å². The van der Waals surface area contributed by atoms with E-state index in [1.165, 1.54) is 0 Å². The summed E-state index contributed by atoms with van der Waals surface area (Å²) in [5.41, 5.74) is 0.